The highest BCUT2D eigenvalue weighted by Crippen LogP contribution is 2.30. The minimum atomic E-state index is -0.739. The number of benzene rings is 2. The summed E-state index contributed by atoms with van der Waals surface area (Å²) in [6, 6.07) is 11.6. The lowest BCUT2D eigenvalue weighted by Crippen LogP contribution is -2.14. The Morgan fingerprint density at radius 2 is 1.82 bits per heavy atom. The molecule has 0 fully saturated rings. The fourth-order valence-electron chi connectivity index (χ4n) is 3.84. The summed E-state index contributed by atoms with van der Waals surface area (Å²) in [6.07, 6.45) is 1.23. The Labute approximate surface area is 189 Å². The molecule has 2 aromatic carbocycles. The zero-order chi connectivity index (χ0) is 23.7. The second kappa shape index (κ2) is 9.07. The third kappa shape index (κ3) is 4.61. The third-order valence-electron chi connectivity index (χ3n) is 5.51. The predicted molar refractivity (Wildman–Crippen MR) is 123 cm³/mol. The van der Waals surface area contributed by atoms with E-state index in [4.69, 9.17) is 0 Å². The van der Waals surface area contributed by atoms with Gasteiger partial charge in [-0.2, -0.15) is 0 Å². The molecule has 1 N–H and O–H groups in total. The van der Waals surface area contributed by atoms with Crippen LogP contribution in [0.1, 0.15) is 28.9 Å². The Kier molecular flexibility index (Phi) is 6.20. The lowest BCUT2D eigenvalue weighted by molar-refractivity contribution is 0.0977. The van der Waals surface area contributed by atoms with E-state index >= 15 is 0 Å². The van der Waals surface area contributed by atoms with E-state index in [1.165, 1.54) is 16.6 Å². The first-order valence-electron chi connectivity index (χ1n) is 10.6. The monoisotopic (exact) mass is 450 g/mol. The van der Waals surface area contributed by atoms with Crippen molar-refractivity contribution in [3.05, 3.63) is 81.8 Å². The summed E-state index contributed by atoms with van der Waals surface area (Å²) in [4.78, 5) is 31.8. The molecule has 4 aromatic rings. The van der Waals surface area contributed by atoms with Crippen molar-refractivity contribution in [1.82, 2.24) is 19.5 Å². The second-order valence-electron chi connectivity index (χ2n) is 8.28. The molecule has 0 saturated carbocycles. The van der Waals surface area contributed by atoms with Crippen LogP contribution in [0.3, 0.4) is 0 Å². The number of nitrogens with one attached hydrogen (secondary N) is 1. The van der Waals surface area contributed by atoms with Gasteiger partial charge in [0, 0.05) is 46.5 Å². The van der Waals surface area contributed by atoms with Gasteiger partial charge in [-0.05, 0) is 46.1 Å². The van der Waals surface area contributed by atoms with E-state index in [0.29, 0.717) is 34.5 Å². The van der Waals surface area contributed by atoms with E-state index in [9.17, 15) is 18.4 Å². The number of fused-ring (bicyclic) bond motifs is 1. The first-order chi connectivity index (χ1) is 15.7. The summed E-state index contributed by atoms with van der Waals surface area (Å²) >= 11 is 0. The van der Waals surface area contributed by atoms with Gasteiger partial charge in [0.15, 0.2) is 11.4 Å². The molecule has 0 amide bonds. The molecule has 6 nitrogen and oxygen atoms in total. The molecule has 0 unspecified atom stereocenters. The molecule has 2 heterocycles. The van der Waals surface area contributed by atoms with E-state index < -0.39 is 11.6 Å². The Morgan fingerprint density at radius 1 is 1.09 bits per heavy atom. The van der Waals surface area contributed by atoms with E-state index in [1.807, 2.05) is 19.0 Å². The molecule has 0 radical (unpaired) electrons. The molecule has 170 valence electrons. The van der Waals surface area contributed by atoms with Crippen LogP contribution in [-0.4, -0.2) is 45.9 Å². The molecule has 0 saturated heterocycles. The van der Waals surface area contributed by atoms with E-state index in [2.05, 4.69) is 10.1 Å². The zero-order valence-electron chi connectivity index (χ0n) is 18.7. The number of carbonyl (C=O) groups excluding carboxylic acids is 1. The SMILES string of the molecule is Cc1[nH]n2c(=O)cc(-c3ccc(C(=O)CCCN(C)C)cc3)nc2c1-c1ccc(F)cc1F. The summed E-state index contributed by atoms with van der Waals surface area (Å²) in [5.41, 5.74) is 2.59. The highest BCUT2D eigenvalue weighted by Gasteiger charge is 2.18. The van der Waals surface area contributed by atoms with Crippen LogP contribution in [0.5, 0.6) is 0 Å². The number of halogens is 2. The Hall–Kier alpha value is -3.65. The molecule has 33 heavy (non-hydrogen) atoms. The molecule has 0 atom stereocenters. The van der Waals surface area contributed by atoms with Gasteiger partial charge in [-0.3, -0.25) is 14.7 Å². The summed E-state index contributed by atoms with van der Waals surface area (Å²) in [5, 5.41) is 2.90. The summed E-state index contributed by atoms with van der Waals surface area (Å²) in [5.74, 6) is -1.37. The van der Waals surface area contributed by atoms with Crippen molar-refractivity contribution in [2.45, 2.75) is 19.8 Å². The number of H-pyrrole nitrogens is 1. The maximum absolute atomic E-state index is 14.5. The lowest BCUT2D eigenvalue weighted by atomic mass is 10.0. The molecule has 0 aliphatic carbocycles. The Morgan fingerprint density at radius 3 is 2.48 bits per heavy atom. The highest BCUT2D eigenvalue weighted by molar-refractivity contribution is 5.96. The molecule has 0 bridgehead atoms. The quantitative estimate of drug-likeness (QED) is 0.422. The van der Waals surface area contributed by atoms with Crippen molar-refractivity contribution in [3.8, 4) is 22.4 Å². The zero-order valence-corrected chi connectivity index (χ0v) is 18.7. The maximum atomic E-state index is 14.5. The maximum Gasteiger partial charge on any atom is 0.273 e. The topological polar surface area (TPSA) is 70.5 Å². The number of carbonyl (C=O) groups is 1. The van der Waals surface area contributed by atoms with Gasteiger partial charge >= 0.3 is 0 Å². The van der Waals surface area contributed by atoms with E-state index in [1.54, 1.807) is 31.2 Å². The number of aromatic amines is 1. The Balaban J connectivity index is 1.71. The second-order valence-corrected chi connectivity index (χ2v) is 8.28. The van der Waals surface area contributed by atoms with Crippen LogP contribution in [0.15, 0.2) is 53.3 Å². The molecular weight excluding hydrogens is 426 g/mol. The molecule has 0 spiro atoms. The van der Waals surface area contributed by atoms with Crippen molar-refractivity contribution < 1.29 is 13.6 Å². The minimum absolute atomic E-state index is 0.0576. The molecule has 0 aliphatic rings. The van der Waals surface area contributed by atoms with E-state index in [-0.39, 0.29) is 22.6 Å². The van der Waals surface area contributed by atoms with Gasteiger partial charge in [-0.1, -0.05) is 24.3 Å². The number of hydrogen-bond acceptors (Lipinski definition) is 4. The predicted octanol–water partition coefficient (Wildman–Crippen LogP) is 4.47. The Bertz CT molecular complexity index is 1390. The molecular formula is C25H24F2N4O2. The van der Waals surface area contributed by atoms with Gasteiger partial charge in [-0.15, -0.1) is 0 Å². The van der Waals surface area contributed by atoms with Gasteiger partial charge in [0.25, 0.3) is 5.56 Å². The molecule has 0 aliphatic heterocycles. The van der Waals surface area contributed by atoms with Gasteiger partial charge < -0.3 is 4.90 Å². The van der Waals surface area contributed by atoms with Gasteiger partial charge in [0.2, 0.25) is 0 Å². The van der Waals surface area contributed by atoms with Crippen LogP contribution < -0.4 is 5.56 Å². The number of hydrogen-bond donors (Lipinski definition) is 1. The minimum Gasteiger partial charge on any atom is -0.309 e. The number of aromatic nitrogens is 3. The summed E-state index contributed by atoms with van der Waals surface area (Å²) in [6.45, 7) is 2.54. The van der Waals surface area contributed by atoms with Gasteiger partial charge in [-0.25, -0.2) is 18.3 Å². The van der Waals surface area contributed by atoms with Crippen LogP contribution in [-0.2, 0) is 0 Å². The summed E-state index contributed by atoms with van der Waals surface area (Å²) in [7, 11) is 3.93. The van der Waals surface area contributed by atoms with Crippen LogP contribution in [0.25, 0.3) is 28.0 Å². The van der Waals surface area contributed by atoms with Crippen molar-refractivity contribution in [2.24, 2.45) is 0 Å². The number of ketones is 1. The molecule has 8 heteroatoms. The van der Waals surface area contributed by atoms with Crippen LogP contribution in [0.4, 0.5) is 8.78 Å². The van der Waals surface area contributed by atoms with Gasteiger partial charge in [0.05, 0.1) is 5.69 Å². The van der Waals surface area contributed by atoms with E-state index in [0.717, 1.165) is 25.1 Å². The largest absolute Gasteiger partial charge is 0.309 e. The third-order valence-corrected chi connectivity index (χ3v) is 5.51. The molecule has 2 aromatic heterocycles. The van der Waals surface area contributed by atoms with Crippen LogP contribution >= 0.6 is 0 Å². The number of Topliss-reactive ketones (excluding diaryl/α,β-unsaturated/α-hetero) is 1. The van der Waals surface area contributed by atoms with Crippen molar-refractivity contribution in [3.63, 3.8) is 0 Å². The van der Waals surface area contributed by atoms with Crippen molar-refractivity contribution >= 4 is 11.4 Å². The first-order valence-corrected chi connectivity index (χ1v) is 10.6. The van der Waals surface area contributed by atoms with Crippen LogP contribution in [0, 0.1) is 18.6 Å². The fraction of sp³-hybridized carbons (Fsp3) is 0.240. The van der Waals surface area contributed by atoms with Crippen molar-refractivity contribution in [1.29, 1.82) is 0 Å². The fourth-order valence-corrected chi connectivity index (χ4v) is 3.84. The van der Waals surface area contributed by atoms with Gasteiger partial charge in [0.1, 0.15) is 11.6 Å². The average Bonchev–Trinajstić information content (AvgIpc) is 3.10. The lowest BCUT2D eigenvalue weighted by Gasteiger charge is -2.08. The highest BCUT2D eigenvalue weighted by atomic mass is 19.1. The number of nitrogens with zero attached hydrogens (tertiary/aromatic N) is 3. The smallest absolute Gasteiger partial charge is 0.273 e. The summed E-state index contributed by atoms with van der Waals surface area (Å²) < 4.78 is 29.1. The average molecular weight is 450 g/mol. The van der Waals surface area contributed by atoms with Crippen LogP contribution in [0.2, 0.25) is 0 Å². The number of rotatable bonds is 7. The standard InChI is InChI=1S/C25H24F2N4O2/c1-15-24(19-11-10-18(26)13-20(19)27)25-28-21(14-23(33)31(25)29-15)16-6-8-17(9-7-16)22(32)5-4-12-30(2)3/h6-11,13-14,29H,4-5,12H2,1-3H3. The first kappa shape index (κ1) is 22.5. The number of aryl methyl sites for hydroxylation is 1. The van der Waals surface area contributed by atoms with Crippen molar-refractivity contribution in [2.75, 3.05) is 20.6 Å². The molecule has 4 rings (SSSR count). The normalized spacial score (nSPS) is 11.5.